The van der Waals surface area contributed by atoms with Crippen molar-refractivity contribution in [1.82, 2.24) is 10.6 Å². The van der Waals surface area contributed by atoms with Crippen LogP contribution in [0, 0.1) is 6.92 Å². The summed E-state index contributed by atoms with van der Waals surface area (Å²) in [6.45, 7) is 8.52. The second kappa shape index (κ2) is 15.7. The maximum atomic E-state index is 13.3. The number of halogens is 3. The molecule has 3 aliphatic rings. The van der Waals surface area contributed by atoms with E-state index >= 15 is 0 Å². The van der Waals surface area contributed by atoms with E-state index in [0.717, 1.165) is 80.6 Å². The summed E-state index contributed by atoms with van der Waals surface area (Å²) in [6.07, 6.45) is 7.16. The average Bonchev–Trinajstić information content (AvgIpc) is 3.61. The van der Waals surface area contributed by atoms with Gasteiger partial charge >= 0.3 is 6.18 Å². The van der Waals surface area contributed by atoms with E-state index in [1.54, 1.807) is 32.0 Å². The van der Waals surface area contributed by atoms with Crippen LogP contribution in [0.4, 0.5) is 13.2 Å². The van der Waals surface area contributed by atoms with Crippen LogP contribution in [0.3, 0.4) is 0 Å². The second-order valence-corrected chi connectivity index (χ2v) is 12.6. The minimum Gasteiger partial charge on any atom is -0.316 e. The zero-order valence-electron chi connectivity index (χ0n) is 27.9. The molecule has 3 aromatic rings. The number of hydrogen-bond acceptors (Lipinski definition) is 4. The van der Waals surface area contributed by atoms with Crippen molar-refractivity contribution in [2.75, 3.05) is 26.2 Å². The van der Waals surface area contributed by atoms with Gasteiger partial charge in [-0.1, -0.05) is 84.0 Å². The van der Waals surface area contributed by atoms with Crippen LogP contribution in [-0.4, -0.2) is 37.7 Å². The van der Waals surface area contributed by atoms with Crippen LogP contribution in [0.1, 0.15) is 94.5 Å². The van der Waals surface area contributed by atoms with Gasteiger partial charge in [-0.15, -0.1) is 0 Å². The number of piperidine rings is 2. The van der Waals surface area contributed by atoms with Gasteiger partial charge in [0.05, 0.1) is 5.56 Å². The lowest BCUT2D eigenvalue weighted by atomic mass is 9.87. The molecule has 7 heteroatoms. The van der Waals surface area contributed by atoms with Crippen LogP contribution >= 0.6 is 0 Å². The predicted octanol–water partition coefficient (Wildman–Crippen LogP) is 9.31. The number of Topliss-reactive ketones (excluding diaryl/α,β-unsaturated/α-hetero) is 2. The summed E-state index contributed by atoms with van der Waals surface area (Å²) in [5, 5.41) is 6.70. The zero-order valence-corrected chi connectivity index (χ0v) is 27.9. The Balaban J connectivity index is 0.000000194. The molecule has 48 heavy (non-hydrogen) atoms. The molecule has 4 nitrogen and oxygen atoms in total. The summed E-state index contributed by atoms with van der Waals surface area (Å²) in [5.74, 6) is 0.0881. The van der Waals surface area contributed by atoms with E-state index in [1.807, 2.05) is 24.3 Å². The van der Waals surface area contributed by atoms with Gasteiger partial charge in [0.25, 0.3) is 0 Å². The molecule has 3 aromatic carbocycles. The first-order valence-electron chi connectivity index (χ1n) is 16.7. The molecule has 0 radical (unpaired) electrons. The lowest BCUT2D eigenvalue weighted by molar-refractivity contribution is -0.137. The normalized spacial score (nSPS) is 16.2. The van der Waals surface area contributed by atoms with E-state index in [4.69, 9.17) is 0 Å². The van der Waals surface area contributed by atoms with Crippen LogP contribution in [-0.2, 0) is 6.18 Å². The minimum atomic E-state index is -4.39. The maximum absolute atomic E-state index is 13.3. The molecule has 0 spiro atoms. The largest absolute Gasteiger partial charge is 0.416 e. The maximum Gasteiger partial charge on any atom is 0.416 e. The SMILES string of the molecule is CC(=O)c1ccc(C(=C2CCNCC2)c2cc(C)cc(C(F)(F)F)c2)cc1.CC(=O)c1ccc(C(C2=CCC=C2)=C2CCNCC2)cc1. The number of carbonyl (C=O) groups excluding carboxylic acids is 2. The second-order valence-electron chi connectivity index (χ2n) is 12.6. The van der Waals surface area contributed by atoms with E-state index in [9.17, 15) is 22.8 Å². The first kappa shape index (κ1) is 35.0. The predicted molar refractivity (Wildman–Crippen MR) is 188 cm³/mol. The third kappa shape index (κ3) is 8.77. The van der Waals surface area contributed by atoms with Crippen molar-refractivity contribution in [3.05, 3.63) is 141 Å². The molecule has 0 amide bonds. The Bertz CT molecular complexity index is 1760. The van der Waals surface area contributed by atoms with Gasteiger partial charge in [0.15, 0.2) is 11.6 Å². The lowest BCUT2D eigenvalue weighted by Crippen LogP contribution is -2.24. The molecule has 2 fully saturated rings. The molecule has 1 aliphatic carbocycles. The van der Waals surface area contributed by atoms with Gasteiger partial charge in [-0.05, 0) is 130 Å². The van der Waals surface area contributed by atoms with E-state index < -0.39 is 11.7 Å². The third-order valence-electron chi connectivity index (χ3n) is 9.03. The van der Waals surface area contributed by atoms with Gasteiger partial charge < -0.3 is 10.6 Å². The van der Waals surface area contributed by atoms with Gasteiger partial charge in [-0.2, -0.15) is 13.2 Å². The Labute approximate surface area is 281 Å². The molecule has 0 unspecified atom stereocenters. The fraction of sp³-hybridized carbons (Fsp3) is 0.317. The van der Waals surface area contributed by atoms with Gasteiger partial charge in [-0.3, -0.25) is 9.59 Å². The number of hydrogen-bond donors (Lipinski definition) is 2. The van der Waals surface area contributed by atoms with Crippen molar-refractivity contribution in [1.29, 1.82) is 0 Å². The number of alkyl halides is 3. The van der Waals surface area contributed by atoms with Crippen molar-refractivity contribution in [3.63, 3.8) is 0 Å². The first-order chi connectivity index (χ1) is 23.0. The standard InChI is InChI=1S/C22H22F3NO.C19H21NO/c1-14-11-19(13-20(12-14)22(23,24)25)21(18-7-9-26-10-8-18)17-5-3-16(4-6-17)15(2)27;1-14(21)15-6-8-17(9-7-15)19(16-4-2-3-5-16)18-10-12-20-13-11-18/h3-6,11-13,26H,7-10H2,1-2H3;2,4-9,20H,3,10-13H2,1H3. The average molecular weight is 653 g/mol. The summed E-state index contributed by atoms with van der Waals surface area (Å²) < 4.78 is 40.0. The van der Waals surface area contributed by atoms with E-state index in [2.05, 4.69) is 41.0 Å². The number of aryl methyl sites for hydroxylation is 1. The summed E-state index contributed by atoms with van der Waals surface area (Å²) in [4.78, 5) is 23.0. The number of benzene rings is 3. The Morgan fingerprint density at radius 2 is 1.08 bits per heavy atom. The Kier molecular flexibility index (Phi) is 11.5. The van der Waals surface area contributed by atoms with Crippen LogP contribution in [0.25, 0.3) is 11.1 Å². The van der Waals surface area contributed by atoms with Gasteiger partial charge in [0, 0.05) is 11.1 Å². The molecule has 2 saturated heterocycles. The fourth-order valence-corrected chi connectivity index (χ4v) is 6.58. The molecule has 2 heterocycles. The smallest absolute Gasteiger partial charge is 0.316 e. The van der Waals surface area contributed by atoms with Crippen molar-refractivity contribution in [2.45, 2.75) is 59.1 Å². The van der Waals surface area contributed by atoms with Crippen molar-refractivity contribution in [3.8, 4) is 0 Å². The summed E-state index contributed by atoms with van der Waals surface area (Å²) >= 11 is 0. The van der Waals surface area contributed by atoms with Crippen LogP contribution in [0.15, 0.2) is 102 Å². The third-order valence-corrected chi connectivity index (χ3v) is 9.03. The van der Waals surface area contributed by atoms with Gasteiger partial charge in [0.1, 0.15) is 0 Å². The minimum absolute atomic E-state index is 0.0347. The highest BCUT2D eigenvalue weighted by atomic mass is 19.4. The van der Waals surface area contributed by atoms with Crippen LogP contribution in [0.2, 0.25) is 0 Å². The van der Waals surface area contributed by atoms with Crippen molar-refractivity contribution < 1.29 is 22.8 Å². The topological polar surface area (TPSA) is 58.2 Å². The quantitative estimate of drug-likeness (QED) is 0.261. The number of carbonyl (C=O) groups is 2. The highest BCUT2D eigenvalue weighted by molar-refractivity contribution is 5.95. The van der Waals surface area contributed by atoms with E-state index in [-0.39, 0.29) is 11.6 Å². The Morgan fingerprint density at radius 3 is 1.52 bits per heavy atom. The Morgan fingerprint density at radius 1 is 0.625 bits per heavy atom. The fourth-order valence-electron chi connectivity index (χ4n) is 6.58. The Hall–Kier alpha value is -4.33. The monoisotopic (exact) mass is 652 g/mol. The first-order valence-corrected chi connectivity index (χ1v) is 16.7. The number of allylic oxidation sites excluding steroid dienone is 5. The molecule has 6 rings (SSSR count). The molecule has 2 N–H and O–H groups in total. The number of rotatable bonds is 6. The molecule has 0 aromatic heterocycles. The summed E-state index contributed by atoms with van der Waals surface area (Å²) in [7, 11) is 0. The van der Waals surface area contributed by atoms with Gasteiger partial charge in [-0.25, -0.2) is 0 Å². The van der Waals surface area contributed by atoms with E-state index in [0.29, 0.717) is 16.7 Å². The number of nitrogens with one attached hydrogen (secondary N) is 2. The number of ketones is 2. The summed E-state index contributed by atoms with van der Waals surface area (Å²) in [6, 6.07) is 19.4. The highest BCUT2D eigenvalue weighted by Gasteiger charge is 2.31. The molecule has 0 saturated carbocycles. The molecule has 0 bridgehead atoms. The van der Waals surface area contributed by atoms with Crippen LogP contribution in [0.5, 0.6) is 0 Å². The molecule has 250 valence electrons. The van der Waals surface area contributed by atoms with E-state index in [1.165, 1.54) is 41.3 Å². The van der Waals surface area contributed by atoms with Crippen molar-refractivity contribution >= 4 is 22.7 Å². The van der Waals surface area contributed by atoms with Crippen LogP contribution < -0.4 is 10.6 Å². The molecular weight excluding hydrogens is 609 g/mol. The van der Waals surface area contributed by atoms with Crippen molar-refractivity contribution in [2.24, 2.45) is 0 Å². The summed E-state index contributed by atoms with van der Waals surface area (Å²) in [5.41, 5.74) is 10.2. The molecule has 0 atom stereocenters. The molecule has 2 aliphatic heterocycles. The lowest BCUT2D eigenvalue weighted by Gasteiger charge is -2.22. The molecular formula is C41H43F3N2O2. The zero-order chi connectivity index (χ0) is 34.3. The van der Waals surface area contributed by atoms with Gasteiger partial charge in [0.2, 0.25) is 0 Å². The highest BCUT2D eigenvalue weighted by Crippen LogP contribution is 2.37.